The van der Waals surface area contributed by atoms with Crippen molar-refractivity contribution in [1.29, 1.82) is 0 Å². The molecular weight excluding hydrogens is 332 g/mol. The second-order valence-corrected chi connectivity index (χ2v) is 6.90. The topological polar surface area (TPSA) is 90.7 Å². The molecule has 0 aliphatic carbocycles. The van der Waals surface area contributed by atoms with E-state index in [0.29, 0.717) is 25.2 Å². The van der Waals surface area contributed by atoms with Crippen molar-refractivity contribution in [3.8, 4) is 5.88 Å². The Hall–Kier alpha value is -1.89. The summed E-state index contributed by atoms with van der Waals surface area (Å²) in [6, 6.07) is 0. The van der Waals surface area contributed by atoms with Crippen LogP contribution in [0.2, 0.25) is 0 Å². The fourth-order valence-corrected chi connectivity index (χ4v) is 3.40. The molecule has 1 fully saturated rings. The predicted molar refractivity (Wildman–Crippen MR) is 104 cm³/mol. The number of nitrogens with one attached hydrogen (secondary N) is 1. The highest BCUT2D eigenvalue weighted by Gasteiger charge is 2.18. The lowest BCUT2D eigenvalue weighted by Gasteiger charge is -2.25. The largest absolute Gasteiger partial charge is 0.494 e. The maximum atomic E-state index is 12.2. The lowest BCUT2D eigenvalue weighted by Crippen LogP contribution is -2.34. The molecule has 1 aromatic rings. The van der Waals surface area contributed by atoms with E-state index >= 15 is 0 Å². The van der Waals surface area contributed by atoms with Crippen LogP contribution < -0.4 is 11.2 Å². The summed E-state index contributed by atoms with van der Waals surface area (Å²) in [7, 11) is 0. The summed E-state index contributed by atoms with van der Waals surface area (Å²) >= 11 is 0. The number of unbranched alkanes of at least 4 members (excludes halogenated alkanes) is 1. The summed E-state index contributed by atoms with van der Waals surface area (Å²) in [5.41, 5.74) is -0.420. The molecule has 7 nitrogen and oxygen atoms in total. The van der Waals surface area contributed by atoms with Crippen LogP contribution in [-0.2, 0) is 6.54 Å². The van der Waals surface area contributed by atoms with E-state index in [0.717, 1.165) is 38.9 Å². The minimum atomic E-state index is -0.565. The molecule has 0 bridgehead atoms. The Kier molecular flexibility index (Phi) is 8.09. The van der Waals surface area contributed by atoms with E-state index in [2.05, 4.69) is 14.9 Å². The van der Waals surface area contributed by atoms with E-state index in [1.165, 1.54) is 23.8 Å². The number of aromatic amines is 1. The van der Waals surface area contributed by atoms with Gasteiger partial charge in [0.25, 0.3) is 5.56 Å². The Labute approximate surface area is 154 Å². The quantitative estimate of drug-likeness (QED) is 0.519. The number of hydrogen-bond acceptors (Lipinski definition) is 5. The molecule has 26 heavy (non-hydrogen) atoms. The molecule has 0 spiro atoms. The lowest BCUT2D eigenvalue weighted by molar-refractivity contribution is 0.228. The van der Waals surface area contributed by atoms with Gasteiger partial charge in [0.1, 0.15) is 5.56 Å². The van der Waals surface area contributed by atoms with Crippen molar-refractivity contribution in [3.63, 3.8) is 0 Å². The highest BCUT2D eigenvalue weighted by Crippen LogP contribution is 2.14. The molecule has 2 rings (SSSR count). The van der Waals surface area contributed by atoms with Gasteiger partial charge in [0, 0.05) is 13.1 Å². The smallest absolute Gasteiger partial charge is 0.331 e. The van der Waals surface area contributed by atoms with Gasteiger partial charge in [-0.2, -0.15) is 0 Å². The molecule has 0 amide bonds. The summed E-state index contributed by atoms with van der Waals surface area (Å²) in [5, 5.41) is 10.5. The average molecular weight is 364 g/mol. The van der Waals surface area contributed by atoms with Crippen molar-refractivity contribution >= 4 is 5.71 Å². The van der Waals surface area contributed by atoms with Gasteiger partial charge in [0.05, 0.1) is 5.71 Å². The number of hydrogen-bond donors (Lipinski definition) is 2. The fourth-order valence-electron chi connectivity index (χ4n) is 3.40. The zero-order valence-electron chi connectivity index (χ0n) is 16.1. The van der Waals surface area contributed by atoms with Crippen molar-refractivity contribution in [1.82, 2.24) is 14.5 Å². The Bertz CT molecular complexity index is 714. The monoisotopic (exact) mass is 364 g/mol. The van der Waals surface area contributed by atoms with E-state index in [9.17, 15) is 14.7 Å². The van der Waals surface area contributed by atoms with Gasteiger partial charge in [-0.3, -0.25) is 19.3 Å². The second kappa shape index (κ2) is 10.3. The molecule has 0 atom stereocenters. The standard InChI is InChI=1S/C19H32N4O3/c1-3-5-14-23-18(25)16(17(24)21-19(23)26)15(4-2)20-10-9-13-22-11-7-6-8-12-22/h25H,3-14H2,1-2H3,(H,21,24,26). The minimum Gasteiger partial charge on any atom is -0.494 e. The minimum absolute atomic E-state index is 0.140. The summed E-state index contributed by atoms with van der Waals surface area (Å²) in [4.78, 5) is 33.6. The number of rotatable bonds is 9. The molecule has 2 N–H and O–H groups in total. The van der Waals surface area contributed by atoms with Gasteiger partial charge in [-0.15, -0.1) is 0 Å². The maximum absolute atomic E-state index is 12.2. The van der Waals surface area contributed by atoms with E-state index in [1.54, 1.807) is 0 Å². The van der Waals surface area contributed by atoms with Gasteiger partial charge in [-0.25, -0.2) is 4.79 Å². The van der Waals surface area contributed by atoms with Crippen LogP contribution in [-0.4, -0.2) is 51.4 Å². The summed E-state index contributed by atoms with van der Waals surface area (Å²) in [6.45, 7) is 8.25. The van der Waals surface area contributed by atoms with E-state index in [-0.39, 0.29) is 11.4 Å². The first-order valence-corrected chi connectivity index (χ1v) is 9.90. The van der Waals surface area contributed by atoms with E-state index in [1.807, 2.05) is 13.8 Å². The number of likely N-dealkylation sites (tertiary alicyclic amines) is 1. The fraction of sp³-hybridized carbons (Fsp3) is 0.737. The van der Waals surface area contributed by atoms with Gasteiger partial charge >= 0.3 is 5.69 Å². The molecule has 7 heteroatoms. The van der Waals surface area contributed by atoms with E-state index < -0.39 is 11.2 Å². The van der Waals surface area contributed by atoms with Crippen molar-refractivity contribution in [2.24, 2.45) is 4.99 Å². The number of nitrogens with zero attached hydrogens (tertiary/aromatic N) is 3. The molecule has 1 saturated heterocycles. The van der Waals surface area contributed by atoms with Crippen molar-refractivity contribution in [2.45, 2.75) is 65.3 Å². The Morgan fingerprint density at radius 1 is 1.12 bits per heavy atom. The van der Waals surface area contributed by atoms with Crippen LogP contribution in [0.3, 0.4) is 0 Å². The molecule has 0 saturated carbocycles. The van der Waals surface area contributed by atoms with Crippen LogP contribution in [0.15, 0.2) is 14.6 Å². The highest BCUT2D eigenvalue weighted by molar-refractivity contribution is 6.01. The first-order valence-electron chi connectivity index (χ1n) is 9.90. The van der Waals surface area contributed by atoms with Crippen molar-refractivity contribution < 1.29 is 5.11 Å². The van der Waals surface area contributed by atoms with Crippen LogP contribution in [0.4, 0.5) is 0 Å². The van der Waals surface area contributed by atoms with Crippen LogP contribution in [0.25, 0.3) is 0 Å². The van der Waals surface area contributed by atoms with Gasteiger partial charge in [-0.1, -0.05) is 26.7 Å². The zero-order chi connectivity index (χ0) is 18.9. The Balaban J connectivity index is 2.12. The summed E-state index contributed by atoms with van der Waals surface area (Å²) in [6.07, 6.45) is 6.98. The lowest BCUT2D eigenvalue weighted by atomic mass is 10.1. The number of aromatic nitrogens is 2. The van der Waals surface area contributed by atoms with Gasteiger partial charge in [-0.05, 0) is 51.7 Å². The Morgan fingerprint density at radius 2 is 1.85 bits per heavy atom. The third-order valence-corrected chi connectivity index (χ3v) is 4.91. The highest BCUT2D eigenvalue weighted by atomic mass is 16.3. The molecular formula is C19H32N4O3. The van der Waals surface area contributed by atoms with Gasteiger partial charge < -0.3 is 10.0 Å². The second-order valence-electron chi connectivity index (χ2n) is 6.90. The molecule has 2 heterocycles. The van der Waals surface area contributed by atoms with Crippen LogP contribution in [0.5, 0.6) is 5.88 Å². The number of H-pyrrole nitrogens is 1. The zero-order valence-corrected chi connectivity index (χ0v) is 16.1. The molecule has 0 radical (unpaired) electrons. The van der Waals surface area contributed by atoms with Crippen molar-refractivity contribution in [2.75, 3.05) is 26.2 Å². The van der Waals surface area contributed by atoms with Crippen molar-refractivity contribution in [3.05, 3.63) is 26.4 Å². The number of aliphatic imine (C=N–C) groups is 1. The van der Waals surface area contributed by atoms with Crippen LogP contribution >= 0.6 is 0 Å². The first-order chi connectivity index (χ1) is 12.6. The molecule has 1 aromatic heterocycles. The maximum Gasteiger partial charge on any atom is 0.331 e. The van der Waals surface area contributed by atoms with Crippen LogP contribution in [0, 0.1) is 0 Å². The third-order valence-electron chi connectivity index (χ3n) is 4.91. The average Bonchev–Trinajstić information content (AvgIpc) is 2.64. The number of piperidine rings is 1. The molecule has 0 aromatic carbocycles. The van der Waals surface area contributed by atoms with Gasteiger partial charge in [0.2, 0.25) is 5.88 Å². The Morgan fingerprint density at radius 3 is 2.50 bits per heavy atom. The SMILES string of the molecule is CCCCn1c(O)c(C(CC)=NCCCN2CCCCC2)c(=O)[nH]c1=O. The molecule has 1 aliphatic rings. The van der Waals surface area contributed by atoms with E-state index in [4.69, 9.17) is 0 Å². The predicted octanol–water partition coefficient (Wildman–Crippen LogP) is 2.12. The number of aromatic hydroxyl groups is 1. The normalized spacial score (nSPS) is 16.2. The van der Waals surface area contributed by atoms with Crippen LogP contribution in [0.1, 0.15) is 64.4 Å². The third kappa shape index (κ3) is 5.30. The summed E-state index contributed by atoms with van der Waals surface area (Å²) < 4.78 is 1.24. The first kappa shape index (κ1) is 20.4. The molecule has 1 aliphatic heterocycles. The molecule has 0 unspecified atom stereocenters. The van der Waals surface area contributed by atoms with Gasteiger partial charge in [0.15, 0.2) is 0 Å². The molecule has 146 valence electrons. The summed E-state index contributed by atoms with van der Waals surface area (Å²) in [5.74, 6) is -0.260.